The summed E-state index contributed by atoms with van der Waals surface area (Å²) in [4.78, 5) is 23.1. The number of rotatable bonds is 5. The number of likely N-dealkylation sites (tertiary alicyclic amines) is 1. The fourth-order valence-corrected chi connectivity index (χ4v) is 3.34. The Morgan fingerprint density at radius 1 is 1.36 bits per heavy atom. The van der Waals surface area contributed by atoms with Gasteiger partial charge in [0.05, 0.1) is 0 Å². The molecule has 3 rings (SSSR count). The van der Waals surface area contributed by atoms with E-state index in [0.717, 1.165) is 55.9 Å². The van der Waals surface area contributed by atoms with Gasteiger partial charge < -0.3 is 14.8 Å². The molecule has 2 aromatic heterocycles. The molecule has 0 aromatic carbocycles. The Morgan fingerprint density at radius 3 is 2.96 bits per heavy atom. The first kappa shape index (κ1) is 17.5. The number of urea groups is 1. The lowest BCUT2D eigenvalue weighted by atomic mass is 9.94. The highest BCUT2D eigenvalue weighted by atomic mass is 16.2. The van der Waals surface area contributed by atoms with Crippen LogP contribution in [0.2, 0.25) is 0 Å². The van der Waals surface area contributed by atoms with Crippen LogP contribution < -0.4 is 5.32 Å². The summed E-state index contributed by atoms with van der Waals surface area (Å²) in [7, 11) is 2.02. The molecule has 6 nitrogen and oxygen atoms in total. The molecule has 134 valence electrons. The number of aromatic nitrogens is 3. The van der Waals surface area contributed by atoms with Crippen molar-refractivity contribution in [2.24, 2.45) is 13.0 Å². The molecule has 6 heteroatoms. The minimum Gasteiger partial charge on any atom is -0.338 e. The largest absolute Gasteiger partial charge is 0.338 e. The monoisotopic (exact) mass is 341 g/mol. The molecule has 0 unspecified atom stereocenters. The van der Waals surface area contributed by atoms with Crippen molar-refractivity contribution in [1.29, 1.82) is 0 Å². The van der Waals surface area contributed by atoms with E-state index in [1.807, 2.05) is 43.5 Å². The maximum Gasteiger partial charge on any atom is 0.317 e. The third kappa shape index (κ3) is 4.81. The molecule has 1 aliphatic rings. The average molecular weight is 341 g/mol. The van der Waals surface area contributed by atoms with Crippen LogP contribution in [0.25, 0.3) is 0 Å². The highest BCUT2D eigenvalue weighted by Crippen LogP contribution is 2.20. The Kier molecular flexibility index (Phi) is 5.68. The van der Waals surface area contributed by atoms with Gasteiger partial charge in [-0.3, -0.25) is 4.98 Å². The van der Waals surface area contributed by atoms with E-state index in [1.54, 1.807) is 0 Å². The average Bonchev–Trinajstić information content (AvgIpc) is 3.01. The highest BCUT2D eigenvalue weighted by molar-refractivity contribution is 5.74. The van der Waals surface area contributed by atoms with Gasteiger partial charge in [-0.2, -0.15) is 0 Å². The molecule has 0 aliphatic carbocycles. The molecule has 0 bridgehead atoms. The van der Waals surface area contributed by atoms with Crippen molar-refractivity contribution in [2.75, 3.05) is 19.6 Å². The van der Waals surface area contributed by atoms with Crippen LogP contribution in [0.5, 0.6) is 0 Å². The van der Waals surface area contributed by atoms with Gasteiger partial charge in [0, 0.05) is 57.4 Å². The Hall–Kier alpha value is -2.37. The Bertz CT molecular complexity index is 694. The van der Waals surface area contributed by atoms with Crippen molar-refractivity contribution in [1.82, 2.24) is 24.8 Å². The van der Waals surface area contributed by atoms with Gasteiger partial charge in [-0.25, -0.2) is 9.78 Å². The lowest BCUT2D eigenvalue weighted by molar-refractivity contribution is 0.164. The van der Waals surface area contributed by atoms with Crippen LogP contribution >= 0.6 is 0 Å². The second-order valence-corrected chi connectivity index (χ2v) is 6.90. The Morgan fingerprint density at radius 2 is 2.24 bits per heavy atom. The second-order valence-electron chi connectivity index (χ2n) is 6.90. The Labute approximate surface area is 149 Å². The SMILES string of the molecule is Cc1ccc(CCNC(=O)N2CCC[C@H](Cc3nccn3C)C2)cn1. The van der Waals surface area contributed by atoms with E-state index in [9.17, 15) is 4.79 Å². The molecule has 1 saturated heterocycles. The molecular formula is C19H27N5O. The fourth-order valence-electron chi connectivity index (χ4n) is 3.34. The number of pyridine rings is 1. The molecule has 1 aliphatic heterocycles. The molecule has 1 atom stereocenters. The quantitative estimate of drug-likeness (QED) is 0.908. The number of carbonyl (C=O) groups is 1. The van der Waals surface area contributed by atoms with E-state index in [2.05, 4.69) is 25.9 Å². The number of hydrogen-bond acceptors (Lipinski definition) is 3. The molecule has 0 spiro atoms. The van der Waals surface area contributed by atoms with Gasteiger partial charge >= 0.3 is 6.03 Å². The topological polar surface area (TPSA) is 63.1 Å². The number of aryl methyl sites for hydroxylation is 2. The second kappa shape index (κ2) is 8.14. The van der Waals surface area contributed by atoms with Crippen molar-refractivity contribution < 1.29 is 4.79 Å². The van der Waals surface area contributed by atoms with E-state index >= 15 is 0 Å². The summed E-state index contributed by atoms with van der Waals surface area (Å²) in [6.07, 6.45) is 9.65. The third-order valence-electron chi connectivity index (χ3n) is 4.86. The normalized spacial score (nSPS) is 17.5. The number of amides is 2. The van der Waals surface area contributed by atoms with Crippen LogP contribution in [-0.2, 0) is 19.9 Å². The first-order valence-electron chi connectivity index (χ1n) is 9.02. The molecular weight excluding hydrogens is 314 g/mol. The summed E-state index contributed by atoms with van der Waals surface area (Å²) in [5.41, 5.74) is 2.16. The summed E-state index contributed by atoms with van der Waals surface area (Å²) in [6.45, 7) is 4.27. The molecule has 0 radical (unpaired) electrons. The number of carbonyl (C=O) groups excluding carboxylic acids is 1. The van der Waals surface area contributed by atoms with E-state index in [-0.39, 0.29) is 6.03 Å². The molecule has 1 fully saturated rings. The number of hydrogen-bond donors (Lipinski definition) is 1. The van der Waals surface area contributed by atoms with Crippen molar-refractivity contribution in [2.45, 2.75) is 32.6 Å². The molecule has 2 amide bonds. The minimum atomic E-state index is 0.0459. The van der Waals surface area contributed by atoms with E-state index in [0.29, 0.717) is 12.5 Å². The number of nitrogens with zero attached hydrogens (tertiary/aromatic N) is 4. The van der Waals surface area contributed by atoms with E-state index in [4.69, 9.17) is 0 Å². The van der Waals surface area contributed by atoms with Gasteiger partial charge in [-0.15, -0.1) is 0 Å². The van der Waals surface area contributed by atoms with Gasteiger partial charge in [0.2, 0.25) is 0 Å². The smallest absolute Gasteiger partial charge is 0.317 e. The Balaban J connectivity index is 1.45. The number of imidazole rings is 1. The fraction of sp³-hybridized carbons (Fsp3) is 0.526. The van der Waals surface area contributed by atoms with Crippen LogP contribution in [0.1, 0.15) is 29.9 Å². The highest BCUT2D eigenvalue weighted by Gasteiger charge is 2.24. The van der Waals surface area contributed by atoms with Crippen molar-refractivity contribution in [3.8, 4) is 0 Å². The van der Waals surface area contributed by atoms with Gasteiger partial charge in [0.25, 0.3) is 0 Å². The van der Waals surface area contributed by atoms with Crippen LogP contribution in [0.15, 0.2) is 30.7 Å². The molecule has 2 aromatic rings. The van der Waals surface area contributed by atoms with Crippen LogP contribution in [0, 0.1) is 12.8 Å². The van der Waals surface area contributed by atoms with Gasteiger partial charge in [-0.1, -0.05) is 6.07 Å². The minimum absolute atomic E-state index is 0.0459. The van der Waals surface area contributed by atoms with Crippen LogP contribution in [-0.4, -0.2) is 45.1 Å². The first-order chi connectivity index (χ1) is 12.1. The predicted molar refractivity (Wildman–Crippen MR) is 97.3 cm³/mol. The first-order valence-corrected chi connectivity index (χ1v) is 9.02. The molecule has 0 saturated carbocycles. The predicted octanol–water partition coefficient (Wildman–Crippen LogP) is 2.33. The lowest BCUT2D eigenvalue weighted by Gasteiger charge is -2.32. The van der Waals surface area contributed by atoms with E-state index < -0.39 is 0 Å². The number of piperidine rings is 1. The summed E-state index contributed by atoms with van der Waals surface area (Å²) in [5.74, 6) is 1.58. The summed E-state index contributed by atoms with van der Waals surface area (Å²) < 4.78 is 2.06. The third-order valence-corrected chi connectivity index (χ3v) is 4.86. The molecule has 1 N–H and O–H groups in total. The maximum atomic E-state index is 12.4. The maximum absolute atomic E-state index is 12.4. The summed E-state index contributed by atoms with van der Waals surface area (Å²) in [5, 5.41) is 3.04. The van der Waals surface area contributed by atoms with Gasteiger partial charge in [0.1, 0.15) is 5.82 Å². The zero-order chi connectivity index (χ0) is 17.6. The summed E-state index contributed by atoms with van der Waals surface area (Å²) in [6, 6.07) is 4.12. The molecule has 3 heterocycles. The zero-order valence-corrected chi connectivity index (χ0v) is 15.1. The lowest BCUT2D eigenvalue weighted by Crippen LogP contribution is -2.46. The van der Waals surface area contributed by atoms with Crippen LogP contribution in [0.3, 0.4) is 0 Å². The van der Waals surface area contributed by atoms with Gasteiger partial charge in [0.15, 0.2) is 0 Å². The molecule has 25 heavy (non-hydrogen) atoms. The van der Waals surface area contributed by atoms with Crippen molar-refractivity contribution in [3.05, 3.63) is 47.8 Å². The standard InChI is InChI=1S/C19H27N5O/c1-15-5-6-16(13-22-15)7-8-21-19(25)24-10-3-4-17(14-24)12-18-20-9-11-23(18)2/h5-6,9,11,13,17H,3-4,7-8,10,12,14H2,1-2H3,(H,21,25)/t17-/m1/s1. The summed E-state index contributed by atoms with van der Waals surface area (Å²) >= 11 is 0. The van der Waals surface area contributed by atoms with Crippen LogP contribution in [0.4, 0.5) is 4.79 Å². The van der Waals surface area contributed by atoms with Crippen molar-refractivity contribution >= 4 is 6.03 Å². The zero-order valence-electron chi connectivity index (χ0n) is 15.1. The van der Waals surface area contributed by atoms with Crippen molar-refractivity contribution in [3.63, 3.8) is 0 Å². The van der Waals surface area contributed by atoms with Gasteiger partial charge in [-0.05, 0) is 43.7 Å². The van der Waals surface area contributed by atoms with E-state index in [1.165, 1.54) is 0 Å². The number of nitrogens with one attached hydrogen (secondary N) is 1.